The number of fused-ring (bicyclic) bond motifs is 11. The minimum atomic E-state index is 0.105. The van der Waals surface area contributed by atoms with Crippen LogP contribution >= 0.6 is 0 Å². The van der Waals surface area contributed by atoms with E-state index in [1.807, 2.05) is 6.08 Å². The lowest BCUT2D eigenvalue weighted by molar-refractivity contribution is 0.104. The molecule has 1 nitrogen and oxygen atoms in total. The van der Waals surface area contributed by atoms with Crippen molar-refractivity contribution in [1.29, 1.82) is 0 Å². The SMILES string of the molecule is O=C1C=CC=c2c1c1c(c3ccccc23)=c2ccc3c(c2=C1)Cc1ccccc1-3. The normalized spacial score (nSPS) is 14.6. The van der Waals surface area contributed by atoms with E-state index in [0.29, 0.717) is 0 Å². The van der Waals surface area contributed by atoms with Crippen LogP contribution < -0.4 is 10.4 Å². The summed E-state index contributed by atoms with van der Waals surface area (Å²) >= 11 is 0. The summed E-state index contributed by atoms with van der Waals surface area (Å²) in [5.41, 5.74) is 7.39. The van der Waals surface area contributed by atoms with E-state index in [-0.39, 0.29) is 5.78 Å². The zero-order chi connectivity index (χ0) is 19.1. The molecule has 0 heterocycles. The van der Waals surface area contributed by atoms with Crippen molar-refractivity contribution in [3.05, 3.63) is 116 Å². The van der Waals surface area contributed by atoms with Crippen molar-refractivity contribution >= 4 is 28.7 Å². The Bertz CT molecular complexity index is 1680. The molecule has 0 aliphatic heterocycles. The molecule has 29 heavy (non-hydrogen) atoms. The number of allylic oxidation sites excluding steroid dienone is 2. The van der Waals surface area contributed by atoms with Crippen LogP contribution in [0, 0.1) is 10.4 Å². The summed E-state index contributed by atoms with van der Waals surface area (Å²) in [7, 11) is 0. The fourth-order valence-electron chi connectivity index (χ4n) is 5.44. The first-order valence-electron chi connectivity index (χ1n) is 10.0. The third kappa shape index (κ3) is 1.83. The lowest BCUT2D eigenvalue weighted by Crippen LogP contribution is -2.20. The van der Waals surface area contributed by atoms with Crippen molar-refractivity contribution < 1.29 is 4.79 Å². The van der Waals surface area contributed by atoms with E-state index in [0.717, 1.165) is 28.2 Å². The van der Waals surface area contributed by atoms with Gasteiger partial charge < -0.3 is 0 Å². The molecule has 0 unspecified atom stereocenters. The number of hydrogen-bond donors (Lipinski definition) is 0. The summed E-state index contributed by atoms with van der Waals surface area (Å²) in [4.78, 5) is 12.9. The molecule has 4 aromatic rings. The monoisotopic (exact) mass is 368 g/mol. The number of benzene rings is 4. The predicted molar refractivity (Wildman–Crippen MR) is 117 cm³/mol. The van der Waals surface area contributed by atoms with Crippen LogP contribution in [0.1, 0.15) is 27.0 Å². The Hall–Kier alpha value is -3.71. The minimum Gasteiger partial charge on any atom is -0.289 e. The van der Waals surface area contributed by atoms with Crippen LogP contribution in [-0.4, -0.2) is 5.78 Å². The molecular weight excluding hydrogens is 352 g/mol. The molecule has 0 saturated carbocycles. The molecule has 0 radical (unpaired) electrons. The first-order chi connectivity index (χ1) is 14.3. The van der Waals surface area contributed by atoms with Gasteiger partial charge in [0.2, 0.25) is 0 Å². The van der Waals surface area contributed by atoms with Gasteiger partial charge in [0, 0.05) is 5.56 Å². The second-order valence-electron chi connectivity index (χ2n) is 8.04. The van der Waals surface area contributed by atoms with E-state index in [1.54, 1.807) is 6.08 Å². The number of hydrogen-bond acceptors (Lipinski definition) is 1. The number of rotatable bonds is 0. The largest absolute Gasteiger partial charge is 0.289 e. The average molecular weight is 368 g/mol. The minimum absolute atomic E-state index is 0.105. The Balaban J connectivity index is 1.72. The predicted octanol–water partition coefficient (Wildman–Crippen LogP) is 4.37. The van der Waals surface area contributed by atoms with Gasteiger partial charge in [-0.1, -0.05) is 72.8 Å². The van der Waals surface area contributed by atoms with E-state index >= 15 is 0 Å². The van der Waals surface area contributed by atoms with Gasteiger partial charge >= 0.3 is 0 Å². The van der Waals surface area contributed by atoms with Crippen LogP contribution in [0.15, 0.2) is 72.8 Å². The Morgan fingerprint density at radius 1 is 0.759 bits per heavy atom. The maximum atomic E-state index is 12.9. The molecule has 0 fully saturated rings. The summed E-state index contributed by atoms with van der Waals surface area (Å²) in [5.74, 6) is 0.105. The van der Waals surface area contributed by atoms with Crippen molar-refractivity contribution in [2.45, 2.75) is 6.42 Å². The second-order valence-corrected chi connectivity index (χ2v) is 8.04. The van der Waals surface area contributed by atoms with E-state index in [2.05, 4.69) is 72.8 Å². The van der Waals surface area contributed by atoms with Crippen molar-refractivity contribution in [1.82, 2.24) is 0 Å². The van der Waals surface area contributed by atoms with E-state index < -0.39 is 0 Å². The van der Waals surface area contributed by atoms with Gasteiger partial charge in [0.1, 0.15) is 0 Å². The zero-order valence-electron chi connectivity index (χ0n) is 15.7. The summed E-state index contributed by atoms with van der Waals surface area (Å²) in [5, 5.41) is 7.19. The molecule has 4 aromatic carbocycles. The van der Waals surface area contributed by atoms with Gasteiger partial charge in [0.25, 0.3) is 0 Å². The highest BCUT2D eigenvalue weighted by Crippen LogP contribution is 2.35. The molecule has 7 rings (SSSR count). The maximum absolute atomic E-state index is 12.9. The maximum Gasteiger partial charge on any atom is 0.187 e. The first kappa shape index (κ1) is 15.2. The quantitative estimate of drug-likeness (QED) is 0.389. The van der Waals surface area contributed by atoms with Crippen molar-refractivity contribution in [2.24, 2.45) is 0 Å². The third-order valence-electron chi connectivity index (χ3n) is 6.64. The lowest BCUT2D eigenvalue weighted by atomic mass is 9.91. The lowest BCUT2D eigenvalue weighted by Gasteiger charge is -2.11. The van der Waals surface area contributed by atoms with E-state index in [4.69, 9.17) is 0 Å². The van der Waals surface area contributed by atoms with Crippen molar-refractivity contribution in [3.63, 3.8) is 0 Å². The molecule has 3 aliphatic carbocycles. The molecule has 0 saturated heterocycles. The molecule has 0 spiro atoms. The van der Waals surface area contributed by atoms with Crippen LogP contribution in [-0.2, 0) is 6.42 Å². The zero-order valence-corrected chi connectivity index (χ0v) is 15.7. The van der Waals surface area contributed by atoms with Gasteiger partial charge in [-0.25, -0.2) is 0 Å². The highest BCUT2D eigenvalue weighted by Gasteiger charge is 2.24. The third-order valence-corrected chi connectivity index (χ3v) is 6.64. The number of carbonyl (C=O) groups is 1. The molecule has 0 aromatic heterocycles. The Kier molecular flexibility index (Phi) is 2.74. The first-order valence-corrected chi connectivity index (χ1v) is 10.0. The highest BCUT2D eigenvalue weighted by atomic mass is 16.1. The van der Waals surface area contributed by atoms with Crippen LogP contribution in [0.4, 0.5) is 0 Å². The van der Waals surface area contributed by atoms with Gasteiger partial charge in [-0.3, -0.25) is 4.79 Å². The molecule has 0 N–H and O–H groups in total. The smallest absolute Gasteiger partial charge is 0.187 e. The van der Waals surface area contributed by atoms with Crippen LogP contribution in [0.2, 0.25) is 0 Å². The summed E-state index contributed by atoms with van der Waals surface area (Å²) in [6.07, 6.45) is 8.87. The van der Waals surface area contributed by atoms with Crippen molar-refractivity contribution in [2.75, 3.05) is 0 Å². The van der Waals surface area contributed by atoms with Crippen LogP contribution in [0.25, 0.3) is 34.1 Å². The molecule has 0 amide bonds. The Labute approximate surface area is 167 Å². The van der Waals surface area contributed by atoms with Crippen LogP contribution in [0.3, 0.4) is 0 Å². The highest BCUT2D eigenvalue weighted by molar-refractivity contribution is 6.12. The summed E-state index contributed by atoms with van der Waals surface area (Å²) in [6.45, 7) is 0. The van der Waals surface area contributed by atoms with Gasteiger partial charge in [0.15, 0.2) is 5.78 Å². The molecular formula is C28H16O. The van der Waals surface area contributed by atoms with Gasteiger partial charge in [-0.05, 0) is 78.0 Å². The van der Waals surface area contributed by atoms with Gasteiger partial charge in [-0.2, -0.15) is 0 Å². The van der Waals surface area contributed by atoms with E-state index in [9.17, 15) is 4.79 Å². The Morgan fingerprint density at radius 3 is 2.52 bits per heavy atom. The topological polar surface area (TPSA) is 17.1 Å². The van der Waals surface area contributed by atoms with Crippen LogP contribution in [0.5, 0.6) is 0 Å². The molecule has 1 heteroatoms. The summed E-state index contributed by atoms with van der Waals surface area (Å²) < 4.78 is 0. The molecule has 134 valence electrons. The van der Waals surface area contributed by atoms with Gasteiger partial charge in [-0.15, -0.1) is 0 Å². The fraction of sp³-hybridized carbons (Fsp3) is 0.0357. The standard InChI is InChI=1S/C28H16O/c29-26-11-5-10-21-18-8-3-4-9-20(18)27-22-13-12-19-17-7-2-1-6-16(17)14-23(19)24(22)15-25(27)28(21)26/h1-13,15H,14H2. The average Bonchev–Trinajstić information content (AvgIpc) is 3.32. The fourth-order valence-corrected chi connectivity index (χ4v) is 5.44. The van der Waals surface area contributed by atoms with Gasteiger partial charge in [0.05, 0.1) is 0 Å². The molecule has 0 bridgehead atoms. The molecule has 0 atom stereocenters. The molecule has 3 aliphatic rings. The number of carbonyl (C=O) groups excluding carboxylic acids is 1. The second kappa shape index (κ2) is 5.21. The van der Waals surface area contributed by atoms with E-state index in [1.165, 1.54) is 43.3 Å². The summed E-state index contributed by atoms with van der Waals surface area (Å²) in [6, 6.07) is 21.7. The number of ketones is 1. The van der Waals surface area contributed by atoms with Crippen molar-refractivity contribution in [3.8, 4) is 11.1 Å². The Morgan fingerprint density at radius 2 is 1.59 bits per heavy atom.